The predicted octanol–water partition coefficient (Wildman–Crippen LogP) is 4.82. The number of aryl methyl sites for hydroxylation is 1. The van der Waals surface area contributed by atoms with E-state index in [2.05, 4.69) is 25.6 Å². The van der Waals surface area contributed by atoms with Gasteiger partial charge in [-0.3, -0.25) is 19.6 Å². The van der Waals surface area contributed by atoms with Crippen LogP contribution in [-0.2, 0) is 11.8 Å². The Balaban J connectivity index is 1.44. The zero-order valence-corrected chi connectivity index (χ0v) is 17.5. The minimum Gasteiger partial charge on any atom is -0.326 e. The van der Waals surface area contributed by atoms with Gasteiger partial charge in [-0.1, -0.05) is 12.8 Å². The number of carbonyl (C=O) groups excluding carboxylic acids is 1. The number of anilines is 1. The molecule has 7 nitrogen and oxygen atoms in total. The molecule has 1 fully saturated rings. The molecule has 9 heteroatoms. The number of benzene rings is 1. The van der Waals surface area contributed by atoms with Crippen molar-refractivity contribution in [1.82, 2.24) is 25.0 Å². The molecular weight excluding hydrogens is 414 g/mol. The maximum Gasteiger partial charge on any atom is 0.224 e. The molecule has 0 atom stereocenters. The average molecular weight is 436 g/mol. The molecule has 3 heterocycles. The highest BCUT2D eigenvalue weighted by Crippen LogP contribution is 2.33. The Bertz CT molecular complexity index is 1280. The highest BCUT2D eigenvalue weighted by Gasteiger charge is 2.21. The van der Waals surface area contributed by atoms with Crippen LogP contribution in [0.4, 0.5) is 14.5 Å². The van der Waals surface area contributed by atoms with Crippen LogP contribution in [0.5, 0.6) is 0 Å². The number of rotatable bonds is 5. The van der Waals surface area contributed by atoms with E-state index >= 15 is 0 Å². The molecule has 0 saturated heterocycles. The molecule has 1 aliphatic rings. The van der Waals surface area contributed by atoms with Crippen molar-refractivity contribution in [2.24, 2.45) is 13.0 Å². The fourth-order valence-corrected chi connectivity index (χ4v) is 4.40. The molecule has 1 aliphatic carbocycles. The largest absolute Gasteiger partial charge is 0.326 e. The number of hydrogen-bond donors (Lipinski definition) is 2. The van der Waals surface area contributed by atoms with Crippen molar-refractivity contribution in [2.45, 2.75) is 32.1 Å². The van der Waals surface area contributed by atoms with Gasteiger partial charge in [0, 0.05) is 36.3 Å². The summed E-state index contributed by atoms with van der Waals surface area (Å²) in [7, 11) is 1.80. The third kappa shape index (κ3) is 3.86. The fraction of sp³-hybridized carbons (Fsp3) is 0.304. The number of aromatic amines is 1. The highest BCUT2D eigenvalue weighted by atomic mass is 19.1. The summed E-state index contributed by atoms with van der Waals surface area (Å²) >= 11 is 0. The molecular formula is C23H22F2N6O. The molecule has 32 heavy (non-hydrogen) atoms. The Hall–Kier alpha value is -3.62. The topological polar surface area (TPSA) is 88.5 Å². The fourth-order valence-electron chi connectivity index (χ4n) is 4.40. The maximum atomic E-state index is 14.9. The predicted molar refractivity (Wildman–Crippen MR) is 117 cm³/mol. The molecule has 1 amide bonds. The number of amides is 1. The molecule has 1 aromatic carbocycles. The van der Waals surface area contributed by atoms with Gasteiger partial charge in [0.1, 0.15) is 17.3 Å². The summed E-state index contributed by atoms with van der Waals surface area (Å²) in [6, 6.07) is 3.86. The normalized spacial score (nSPS) is 14.3. The van der Waals surface area contributed by atoms with Crippen molar-refractivity contribution in [1.29, 1.82) is 0 Å². The van der Waals surface area contributed by atoms with Gasteiger partial charge in [0.25, 0.3) is 0 Å². The molecule has 164 valence electrons. The van der Waals surface area contributed by atoms with E-state index in [4.69, 9.17) is 0 Å². The van der Waals surface area contributed by atoms with Crippen LogP contribution in [0.2, 0.25) is 0 Å². The van der Waals surface area contributed by atoms with Crippen molar-refractivity contribution in [3.8, 4) is 22.5 Å². The summed E-state index contributed by atoms with van der Waals surface area (Å²) in [5, 5.41) is 14.6. The van der Waals surface area contributed by atoms with Crippen molar-refractivity contribution in [2.75, 3.05) is 5.32 Å². The lowest BCUT2D eigenvalue weighted by Crippen LogP contribution is -2.15. The number of carbonyl (C=O) groups is 1. The van der Waals surface area contributed by atoms with Crippen LogP contribution < -0.4 is 5.32 Å². The second kappa shape index (κ2) is 8.14. The summed E-state index contributed by atoms with van der Waals surface area (Å²) < 4.78 is 31.5. The van der Waals surface area contributed by atoms with Crippen LogP contribution >= 0.6 is 0 Å². The Kier molecular flexibility index (Phi) is 5.16. The Morgan fingerprint density at radius 2 is 1.94 bits per heavy atom. The number of H-pyrrole nitrogens is 1. The number of aromatic nitrogens is 5. The second-order valence-electron chi connectivity index (χ2n) is 8.31. The molecule has 0 bridgehead atoms. The first-order valence-corrected chi connectivity index (χ1v) is 10.6. The van der Waals surface area contributed by atoms with Gasteiger partial charge in [-0.15, -0.1) is 0 Å². The lowest BCUT2D eigenvalue weighted by molar-refractivity contribution is -0.117. The van der Waals surface area contributed by atoms with Gasteiger partial charge >= 0.3 is 0 Å². The standard InChI is InChI=1S/C23H22F2N6O/c1-31-12-14(10-27-31)23-16-9-19(26-11-20(16)29-30-23)22-17(24)7-15(8-18(22)25)28-21(32)6-13-4-2-3-5-13/h7-13H,2-6H2,1H3,(H,28,32)(H,29,30). The van der Waals surface area contributed by atoms with Gasteiger partial charge in [-0.05, 0) is 37.0 Å². The highest BCUT2D eigenvalue weighted by molar-refractivity contribution is 5.95. The van der Waals surface area contributed by atoms with Gasteiger partial charge in [0.15, 0.2) is 0 Å². The van der Waals surface area contributed by atoms with E-state index < -0.39 is 11.6 Å². The monoisotopic (exact) mass is 436 g/mol. The van der Waals surface area contributed by atoms with Crippen molar-refractivity contribution in [3.63, 3.8) is 0 Å². The van der Waals surface area contributed by atoms with Crippen LogP contribution in [0.3, 0.4) is 0 Å². The van der Waals surface area contributed by atoms with E-state index in [1.807, 2.05) is 0 Å². The summed E-state index contributed by atoms with van der Waals surface area (Å²) in [4.78, 5) is 16.5. The molecule has 0 spiro atoms. The quantitative estimate of drug-likeness (QED) is 0.469. The number of hydrogen-bond acceptors (Lipinski definition) is 4. The number of halogens is 2. The third-order valence-corrected chi connectivity index (χ3v) is 5.96. The first-order chi connectivity index (χ1) is 15.5. The number of pyridine rings is 1. The SMILES string of the molecule is Cn1cc(-c2n[nH]c3cnc(-c4c(F)cc(NC(=O)CC5CCCC5)cc4F)cc23)cn1. The van der Waals surface area contributed by atoms with Gasteiger partial charge in [-0.2, -0.15) is 10.2 Å². The van der Waals surface area contributed by atoms with E-state index in [1.165, 1.54) is 6.20 Å². The molecule has 0 unspecified atom stereocenters. The Labute approximate surface area is 182 Å². The van der Waals surface area contributed by atoms with E-state index in [0.717, 1.165) is 43.4 Å². The number of nitrogens with zero attached hydrogens (tertiary/aromatic N) is 4. The van der Waals surface area contributed by atoms with E-state index in [9.17, 15) is 13.6 Å². The van der Waals surface area contributed by atoms with Gasteiger partial charge < -0.3 is 5.32 Å². The first kappa shape index (κ1) is 20.3. The summed E-state index contributed by atoms with van der Waals surface area (Å²) in [6.45, 7) is 0. The molecule has 3 aromatic heterocycles. The minimum atomic E-state index is -0.792. The summed E-state index contributed by atoms with van der Waals surface area (Å²) in [6.07, 6.45) is 9.66. The average Bonchev–Trinajstić information content (AvgIpc) is 3.48. The van der Waals surface area contributed by atoms with Gasteiger partial charge in [0.2, 0.25) is 5.91 Å². The lowest BCUT2D eigenvalue weighted by atomic mass is 10.0. The van der Waals surface area contributed by atoms with Crippen LogP contribution in [0.1, 0.15) is 32.1 Å². The van der Waals surface area contributed by atoms with Crippen molar-refractivity contribution < 1.29 is 13.6 Å². The van der Waals surface area contributed by atoms with Gasteiger partial charge in [-0.25, -0.2) is 8.78 Å². The summed E-state index contributed by atoms with van der Waals surface area (Å²) in [5.41, 5.74) is 2.03. The molecule has 0 radical (unpaired) electrons. The molecule has 5 rings (SSSR count). The Morgan fingerprint density at radius 3 is 2.62 bits per heavy atom. The number of fused-ring (bicyclic) bond motifs is 1. The van der Waals surface area contributed by atoms with Crippen LogP contribution in [0.25, 0.3) is 33.4 Å². The zero-order chi connectivity index (χ0) is 22.2. The summed E-state index contributed by atoms with van der Waals surface area (Å²) in [5.74, 6) is -1.45. The minimum absolute atomic E-state index is 0.104. The zero-order valence-electron chi connectivity index (χ0n) is 17.5. The second-order valence-corrected chi connectivity index (χ2v) is 8.31. The lowest BCUT2D eigenvalue weighted by Gasteiger charge is -2.12. The molecule has 2 N–H and O–H groups in total. The smallest absolute Gasteiger partial charge is 0.224 e. The van der Waals surface area contributed by atoms with E-state index in [0.29, 0.717) is 28.9 Å². The van der Waals surface area contributed by atoms with Crippen molar-refractivity contribution in [3.05, 3.63) is 48.4 Å². The van der Waals surface area contributed by atoms with Crippen LogP contribution in [0.15, 0.2) is 36.8 Å². The van der Waals surface area contributed by atoms with Crippen LogP contribution in [-0.4, -0.2) is 30.9 Å². The van der Waals surface area contributed by atoms with Crippen LogP contribution in [0, 0.1) is 17.6 Å². The third-order valence-electron chi connectivity index (χ3n) is 5.96. The first-order valence-electron chi connectivity index (χ1n) is 10.6. The Morgan fingerprint density at radius 1 is 1.19 bits per heavy atom. The molecule has 0 aliphatic heterocycles. The van der Waals surface area contributed by atoms with Gasteiger partial charge in [0.05, 0.1) is 29.2 Å². The number of nitrogens with one attached hydrogen (secondary N) is 2. The molecule has 1 saturated carbocycles. The van der Waals surface area contributed by atoms with Crippen molar-refractivity contribution >= 4 is 22.5 Å². The maximum absolute atomic E-state index is 14.9. The van der Waals surface area contributed by atoms with E-state index in [-0.39, 0.29) is 22.9 Å². The van der Waals surface area contributed by atoms with E-state index in [1.54, 1.807) is 30.2 Å². The molecule has 4 aromatic rings.